The number of benzene rings is 1. The van der Waals surface area contributed by atoms with E-state index in [0.29, 0.717) is 38.3 Å². The molecule has 2 aliphatic heterocycles. The van der Waals surface area contributed by atoms with Crippen molar-refractivity contribution >= 4 is 29.0 Å². The van der Waals surface area contributed by atoms with Gasteiger partial charge in [-0.25, -0.2) is 0 Å². The van der Waals surface area contributed by atoms with Crippen LogP contribution in [0.25, 0.3) is 0 Å². The van der Waals surface area contributed by atoms with Gasteiger partial charge in [0.25, 0.3) is 5.69 Å². The van der Waals surface area contributed by atoms with Crippen LogP contribution >= 0.6 is 11.8 Å². The summed E-state index contributed by atoms with van der Waals surface area (Å²) in [6.07, 6.45) is 0.540. The second-order valence-electron chi connectivity index (χ2n) is 6.04. The first-order chi connectivity index (χ1) is 11.6. The Labute approximate surface area is 145 Å². The van der Waals surface area contributed by atoms with Gasteiger partial charge in [-0.3, -0.25) is 14.9 Å². The number of hydrogen-bond acceptors (Lipinski definition) is 6. The molecule has 1 N–H and O–H groups in total. The van der Waals surface area contributed by atoms with Crippen LogP contribution in [0.5, 0.6) is 0 Å². The van der Waals surface area contributed by atoms with Crippen molar-refractivity contribution in [2.45, 2.75) is 12.5 Å². The standard InChI is InChI=1S/C16H22N4O3S/c21-16(11-13-12-24-10-5-17-13)19-8-6-18(7-9-19)14-3-1-2-4-15(14)20(22)23/h1-4,13,17H,5-12H2. The van der Waals surface area contributed by atoms with E-state index in [-0.39, 0.29) is 22.6 Å². The van der Waals surface area contributed by atoms with Gasteiger partial charge >= 0.3 is 0 Å². The molecule has 0 saturated carbocycles. The summed E-state index contributed by atoms with van der Waals surface area (Å²) in [6.45, 7) is 3.45. The molecule has 24 heavy (non-hydrogen) atoms. The highest BCUT2D eigenvalue weighted by atomic mass is 32.2. The number of nitrogens with zero attached hydrogens (tertiary/aromatic N) is 3. The Morgan fingerprint density at radius 2 is 2.04 bits per heavy atom. The number of anilines is 1. The maximum atomic E-state index is 12.4. The number of thioether (sulfide) groups is 1. The van der Waals surface area contributed by atoms with Crippen molar-refractivity contribution < 1.29 is 9.72 Å². The first kappa shape index (κ1) is 17.0. The van der Waals surface area contributed by atoms with Gasteiger partial charge in [0, 0.05) is 62.8 Å². The summed E-state index contributed by atoms with van der Waals surface area (Å²) in [5.74, 6) is 2.28. The lowest BCUT2D eigenvalue weighted by Crippen LogP contribution is -2.50. The van der Waals surface area contributed by atoms with Crippen LogP contribution in [-0.2, 0) is 4.79 Å². The number of carbonyl (C=O) groups excluding carboxylic acids is 1. The highest BCUT2D eigenvalue weighted by Crippen LogP contribution is 2.28. The molecule has 2 fully saturated rings. The minimum atomic E-state index is -0.348. The van der Waals surface area contributed by atoms with Crippen LogP contribution in [0, 0.1) is 10.1 Å². The topological polar surface area (TPSA) is 78.7 Å². The van der Waals surface area contributed by atoms with Gasteiger partial charge in [-0.2, -0.15) is 11.8 Å². The molecule has 3 rings (SSSR count). The predicted octanol–water partition coefficient (Wildman–Crippen LogP) is 1.34. The van der Waals surface area contributed by atoms with Crippen molar-refractivity contribution in [3.63, 3.8) is 0 Å². The average molecular weight is 350 g/mol. The lowest BCUT2D eigenvalue weighted by Gasteiger charge is -2.36. The Kier molecular flexibility index (Phi) is 5.57. The fraction of sp³-hybridized carbons (Fsp3) is 0.562. The maximum absolute atomic E-state index is 12.4. The van der Waals surface area contributed by atoms with Crippen molar-refractivity contribution in [3.8, 4) is 0 Å². The van der Waals surface area contributed by atoms with E-state index in [0.717, 1.165) is 18.1 Å². The van der Waals surface area contributed by atoms with E-state index in [2.05, 4.69) is 5.32 Å². The third-order valence-corrected chi connectivity index (χ3v) is 5.60. The third-order valence-electron chi connectivity index (χ3n) is 4.47. The average Bonchev–Trinajstić information content (AvgIpc) is 2.62. The van der Waals surface area contributed by atoms with Crippen molar-refractivity contribution in [1.29, 1.82) is 0 Å². The Balaban J connectivity index is 1.56. The van der Waals surface area contributed by atoms with Crippen LogP contribution in [0.2, 0.25) is 0 Å². The monoisotopic (exact) mass is 350 g/mol. The van der Waals surface area contributed by atoms with E-state index in [1.54, 1.807) is 12.1 Å². The minimum Gasteiger partial charge on any atom is -0.362 e. The molecule has 0 radical (unpaired) electrons. The maximum Gasteiger partial charge on any atom is 0.292 e. The smallest absolute Gasteiger partial charge is 0.292 e. The molecule has 1 unspecified atom stereocenters. The molecular formula is C16H22N4O3S. The molecule has 1 aromatic rings. The molecule has 0 bridgehead atoms. The molecule has 0 aromatic heterocycles. The number of amides is 1. The normalized spacial score (nSPS) is 21.6. The number of carbonyl (C=O) groups is 1. The Morgan fingerprint density at radius 1 is 1.29 bits per heavy atom. The zero-order valence-electron chi connectivity index (χ0n) is 13.5. The van der Waals surface area contributed by atoms with Gasteiger partial charge in [-0.15, -0.1) is 0 Å². The molecule has 8 heteroatoms. The molecule has 2 heterocycles. The van der Waals surface area contributed by atoms with Gasteiger partial charge in [0.2, 0.25) is 5.91 Å². The zero-order chi connectivity index (χ0) is 16.9. The molecule has 0 aliphatic carbocycles. The van der Waals surface area contributed by atoms with E-state index >= 15 is 0 Å². The highest BCUT2D eigenvalue weighted by molar-refractivity contribution is 7.99. The number of para-hydroxylation sites is 2. The van der Waals surface area contributed by atoms with Crippen LogP contribution in [0.1, 0.15) is 6.42 Å². The predicted molar refractivity (Wildman–Crippen MR) is 95.6 cm³/mol. The molecule has 1 atom stereocenters. The molecule has 0 spiro atoms. The van der Waals surface area contributed by atoms with Crippen molar-refractivity contribution in [2.24, 2.45) is 0 Å². The van der Waals surface area contributed by atoms with Crippen molar-refractivity contribution in [3.05, 3.63) is 34.4 Å². The van der Waals surface area contributed by atoms with E-state index in [1.807, 2.05) is 27.6 Å². The molecule has 2 aliphatic rings. The van der Waals surface area contributed by atoms with E-state index in [9.17, 15) is 14.9 Å². The van der Waals surface area contributed by atoms with Crippen LogP contribution in [0.3, 0.4) is 0 Å². The second-order valence-corrected chi connectivity index (χ2v) is 7.19. The number of nitro groups is 1. The van der Waals surface area contributed by atoms with E-state index in [1.165, 1.54) is 6.07 Å². The lowest BCUT2D eigenvalue weighted by atomic mass is 10.1. The summed E-state index contributed by atoms with van der Waals surface area (Å²) >= 11 is 1.89. The molecule has 7 nitrogen and oxygen atoms in total. The fourth-order valence-corrected chi connectivity index (χ4v) is 4.12. The lowest BCUT2D eigenvalue weighted by molar-refractivity contribution is -0.384. The minimum absolute atomic E-state index is 0.126. The highest BCUT2D eigenvalue weighted by Gasteiger charge is 2.27. The number of piperazine rings is 1. The SMILES string of the molecule is O=C(CC1CSCCN1)N1CCN(c2ccccc2[N+](=O)[O-])CC1. The summed E-state index contributed by atoms with van der Waals surface area (Å²) < 4.78 is 0. The van der Waals surface area contributed by atoms with Crippen LogP contribution < -0.4 is 10.2 Å². The van der Waals surface area contributed by atoms with Crippen LogP contribution in [0.4, 0.5) is 11.4 Å². The van der Waals surface area contributed by atoms with Crippen molar-refractivity contribution in [1.82, 2.24) is 10.2 Å². The number of rotatable bonds is 4. The van der Waals surface area contributed by atoms with E-state index in [4.69, 9.17) is 0 Å². The number of hydrogen-bond donors (Lipinski definition) is 1. The van der Waals surface area contributed by atoms with Gasteiger partial charge in [0.15, 0.2) is 0 Å². The van der Waals surface area contributed by atoms with Gasteiger partial charge < -0.3 is 15.1 Å². The summed E-state index contributed by atoms with van der Waals surface area (Å²) in [7, 11) is 0. The first-order valence-electron chi connectivity index (χ1n) is 8.22. The van der Waals surface area contributed by atoms with Crippen molar-refractivity contribution in [2.75, 3.05) is 49.1 Å². The van der Waals surface area contributed by atoms with Crippen LogP contribution in [-0.4, -0.2) is 66.0 Å². The molecule has 1 amide bonds. The molecular weight excluding hydrogens is 328 g/mol. The number of nitrogens with one attached hydrogen (secondary N) is 1. The van der Waals surface area contributed by atoms with Gasteiger partial charge in [-0.05, 0) is 6.07 Å². The third kappa shape index (κ3) is 3.99. The first-order valence-corrected chi connectivity index (χ1v) is 9.38. The Bertz CT molecular complexity index is 599. The summed E-state index contributed by atoms with van der Waals surface area (Å²) in [5.41, 5.74) is 0.764. The summed E-state index contributed by atoms with van der Waals surface area (Å²) in [6, 6.07) is 7.06. The Morgan fingerprint density at radius 3 is 2.71 bits per heavy atom. The Hall–Kier alpha value is -1.80. The summed E-state index contributed by atoms with van der Waals surface area (Å²) in [5, 5.41) is 14.6. The molecule has 1 aromatic carbocycles. The molecule has 130 valence electrons. The largest absolute Gasteiger partial charge is 0.362 e. The second kappa shape index (κ2) is 7.85. The zero-order valence-corrected chi connectivity index (χ0v) is 14.3. The van der Waals surface area contributed by atoms with E-state index < -0.39 is 0 Å². The van der Waals surface area contributed by atoms with Gasteiger partial charge in [0.1, 0.15) is 5.69 Å². The fourth-order valence-electron chi connectivity index (χ4n) is 3.17. The quantitative estimate of drug-likeness (QED) is 0.652. The number of nitro benzene ring substituents is 1. The summed E-state index contributed by atoms with van der Waals surface area (Å²) in [4.78, 5) is 27.1. The van der Waals surface area contributed by atoms with Gasteiger partial charge in [-0.1, -0.05) is 12.1 Å². The molecule has 2 saturated heterocycles. The van der Waals surface area contributed by atoms with Crippen LogP contribution in [0.15, 0.2) is 24.3 Å². The van der Waals surface area contributed by atoms with Gasteiger partial charge in [0.05, 0.1) is 4.92 Å².